The lowest BCUT2D eigenvalue weighted by molar-refractivity contribution is -0.136. The summed E-state index contributed by atoms with van der Waals surface area (Å²) in [6, 6.07) is 9.35. The summed E-state index contributed by atoms with van der Waals surface area (Å²) < 4.78 is 0. The number of hydrogen-bond acceptors (Lipinski definition) is 3. The minimum absolute atomic E-state index is 0.0118. The van der Waals surface area contributed by atoms with E-state index in [2.05, 4.69) is 0 Å². The van der Waals surface area contributed by atoms with Crippen LogP contribution in [0.2, 0.25) is 0 Å². The number of aryl methyl sites for hydroxylation is 2. The van der Waals surface area contributed by atoms with Gasteiger partial charge in [-0.1, -0.05) is 12.1 Å². The Morgan fingerprint density at radius 1 is 1.10 bits per heavy atom. The Labute approximate surface area is 118 Å². The van der Waals surface area contributed by atoms with E-state index in [9.17, 15) is 4.79 Å². The van der Waals surface area contributed by atoms with Gasteiger partial charge in [-0.15, -0.1) is 0 Å². The molecule has 4 nitrogen and oxygen atoms in total. The van der Waals surface area contributed by atoms with Gasteiger partial charge < -0.3 is 16.6 Å². The molecule has 2 rings (SSSR count). The van der Waals surface area contributed by atoms with Gasteiger partial charge in [0.15, 0.2) is 0 Å². The molecule has 0 aliphatic carbocycles. The molecule has 104 valence electrons. The maximum atomic E-state index is 10.9. The SMILES string of the molecule is Cc1cc(-c2cc(CC(=O)O)cc(C)c2N)ccc1N. The normalized spacial score (nSPS) is 10.5. The van der Waals surface area contributed by atoms with Crippen molar-refractivity contribution in [2.75, 3.05) is 11.5 Å². The minimum Gasteiger partial charge on any atom is -0.481 e. The summed E-state index contributed by atoms with van der Waals surface area (Å²) in [5, 5.41) is 8.92. The van der Waals surface area contributed by atoms with Gasteiger partial charge in [0, 0.05) is 16.9 Å². The van der Waals surface area contributed by atoms with Crippen molar-refractivity contribution in [2.24, 2.45) is 0 Å². The Bertz CT molecular complexity index is 678. The first kappa shape index (κ1) is 13.9. The van der Waals surface area contributed by atoms with Crippen LogP contribution < -0.4 is 11.5 Å². The summed E-state index contributed by atoms with van der Waals surface area (Å²) in [5.41, 5.74) is 17.7. The zero-order valence-electron chi connectivity index (χ0n) is 11.6. The molecule has 0 spiro atoms. The molecule has 0 saturated heterocycles. The molecule has 20 heavy (non-hydrogen) atoms. The van der Waals surface area contributed by atoms with Crippen molar-refractivity contribution in [1.29, 1.82) is 0 Å². The van der Waals surface area contributed by atoms with Crippen molar-refractivity contribution in [3.05, 3.63) is 47.0 Å². The van der Waals surface area contributed by atoms with Gasteiger partial charge in [-0.3, -0.25) is 4.79 Å². The first-order valence-corrected chi connectivity index (χ1v) is 6.35. The van der Waals surface area contributed by atoms with Gasteiger partial charge >= 0.3 is 5.97 Å². The number of nitrogen functional groups attached to an aromatic ring is 2. The lowest BCUT2D eigenvalue weighted by atomic mass is 9.95. The number of hydrogen-bond donors (Lipinski definition) is 3. The zero-order chi connectivity index (χ0) is 14.9. The summed E-state index contributed by atoms with van der Waals surface area (Å²) in [7, 11) is 0. The van der Waals surface area contributed by atoms with Gasteiger partial charge in [-0.2, -0.15) is 0 Å². The second-order valence-corrected chi connectivity index (χ2v) is 5.02. The predicted molar refractivity (Wildman–Crippen MR) is 81.5 cm³/mol. The number of nitrogens with two attached hydrogens (primary N) is 2. The van der Waals surface area contributed by atoms with Crippen LogP contribution in [0.1, 0.15) is 16.7 Å². The molecule has 0 radical (unpaired) electrons. The molecule has 0 bridgehead atoms. The average Bonchev–Trinajstić information content (AvgIpc) is 2.36. The molecule has 2 aromatic rings. The fourth-order valence-electron chi connectivity index (χ4n) is 2.23. The lowest BCUT2D eigenvalue weighted by Gasteiger charge is -2.13. The highest BCUT2D eigenvalue weighted by molar-refractivity contribution is 5.82. The fourth-order valence-corrected chi connectivity index (χ4v) is 2.23. The highest BCUT2D eigenvalue weighted by Gasteiger charge is 2.10. The Hall–Kier alpha value is -2.49. The third-order valence-corrected chi connectivity index (χ3v) is 3.38. The predicted octanol–water partition coefficient (Wildman–Crippen LogP) is 2.76. The van der Waals surface area contributed by atoms with Crippen LogP contribution in [-0.2, 0) is 11.2 Å². The summed E-state index contributed by atoms with van der Waals surface area (Å²) in [4.78, 5) is 10.9. The number of carboxylic acid groups (broad SMARTS) is 1. The van der Waals surface area contributed by atoms with Crippen LogP contribution in [0.4, 0.5) is 11.4 Å². The lowest BCUT2D eigenvalue weighted by Crippen LogP contribution is -2.03. The van der Waals surface area contributed by atoms with Crippen molar-refractivity contribution in [1.82, 2.24) is 0 Å². The van der Waals surface area contributed by atoms with Gasteiger partial charge in [-0.05, 0) is 54.3 Å². The van der Waals surface area contributed by atoms with Crippen LogP contribution in [-0.4, -0.2) is 11.1 Å². The number of aliphatic carboxylic acids is 1. The van der Waals surface area contributed by atoms with Gasteiger partial charge in [0.05, 0.1) is 6.42 Å². The van der Waals surface area contributed by atoms with E-state index in [4.69, 9.17) is 16.6 Å². The molecule has 4 heteroatoms. The number of carboxylic acids is 1. The van der Waals surface area contributed by atoms with E-state index in [1.165, 1.54) is 0 Å². The molecule has 0 unspecified atom stereocenters. The Balaban J connectivity index is 2.56. The second-order valence-electron chi connectivity index (χ2n) is 5.02. The van der Waals surface area contributed by atoms with Gasteiger partial charge in [0.25, 0.3) is 0 Å². The summed E-state index contributed by atoms with van der Waals surface area (Å²) in [5.74, 6) is -0.853. The summed E-state index contributed by atoms with van der Waals surface area (Å²) in [6.07, 6.45) is -0.0118. The van der Waals surface area contributed by atoms with Crippen molar-refractivity contribution >= 4 is 17.3 Å². The Morgan fingerprint density at radius 3 is 2.40 bits per heavy atom. The van der Waals surface area contributed by atoms with Crippen LogP contribution in [0, 0.1) is 13.8 Å². The van der Waals surface area contributed by atoms with E-state index in [1.807, 2.05) is 44.2 Å². The Kier molecular flexibility index (Phi) is 3.66. The molecule has 0 aliphatic rings. The van der Waals surface area contributed by atoms with E-state index in [-0.39, 0.29) is 6.42 Å². The molecule has 5 N–H and O–H groups in total. The molecule has 0 heterocycles. The highest BCUT2D eigenvalue weighted by atomic mass is 16.4. The molecule has 0 saturated carbocycles. The van der Waals surface area contributed by atoms with Crippen LogP contribution in [0.25, 0.3) is 11.1 Å². The summed E-state index contributed by atoms with van der Waals surface area (Å²) in [6.45, 7) is 3.82. The number of benzene rings is 2. The van der Waals surface area contributed by atoms with Crippen molar-refractivity contribution in [2.45, 2.75) is 20.3 Å². The van der Waals surface area contributed by atoms with Gasteiger partial charge in [-0.25, -0.2) is 0 Å². The van der Waals surface area contributed by atoms with Crippen molar-refractivity contribution in [3.8, 4) is 11.1 Å². The molecule has 0 amide bonds. The molecule has 2 aromatic carbocycles. The van der Waals surface area contributed by atoms with E-state index < -0.39 is 5.97 Å². The van der Waals surface area contributed by atoms with Crippen LogP contribution >= 0.6 is 0 Å². The molecular weight excluding hydrogens is 252 g/mol. The van der Waals surface area contributed by atoms with Crippen molar-refractivity contribution < 1.29 is 9.90 Å². The van der Waals surface area contributed by atoms with Gasteiger partial charge in [0.1, 0.15) is 0 Å². The molecular formula is C16H18N2O2. The topological polar surface area (TPSA) is 89.3 Å². The molecule has 0 fully saturated rings. The van der Waals surface area contributed by atoms with E-state index >= 15 is 0 Å². The van der Waals surface area contributed by atoms with E-state index in [1.54, 1.807) is 0 Å². The first-order valence-electron chi connectivity index (χ1n) is 6.35. The fraction of sp³-hybridized carbons (Fsp3) is 0.188. The molecule has 0 atom stereocenters. The minimum atomic E-state index is -0.853. The Morgan fingerprint density at radius 2 is 1.80 bits per heavy atom. The van der Waals surface area contributed by atoms with Gasteiger partial charge in [0.2, 0.25) is 0 Å². The average molecular weight is 270 g/mol. The third-order valence-electron chi connectivity index (χ3n) is 3.38. The van der Waals surface area contributed by atoms with E-state index in [0.717, 1.165) is 33.5 Å². The zero-order valence-corrected chi connectivity index (χ0v) is 11.6. The number of carbonyl (C=O) groups is 1. The second kappa shape index (κ2) is 5.25. The van der Waals surface area contributed by atoms with Crippen LogP contribution in [0.3, 0.4) is 0 Å². The highest BCUT2D eigenvalue weighted by Crippen LogP contribution is 2.31. The smallest absolute Gasteiger partial charge is 0.307 e. The first-order chi connectivity index (χ1) is 9.38. The number of anilines is 2. The molecule has 0 aromatic heterocycles. The van der Waals surface area contributed by atoms with Crippen LogP contribution in [0.5, 0.6) is 0 Å². The van der Waals surface area contributed by atoms with Crippen molar-refractivity contribution in [3.63, 3.8) is 0 Å². The standard InChI is InChI=1S/C16H18N2O2/c1-9-6-12(3-4-14(9)17)13-7-11(8-15(19)20)5-10(2)16(13)18/h3-7H,8,17-18H2,1-2H3,(H,19,20). The third kappa shape index (κ3) is 2.74. The largest absolute Gasteiger partial charge is 0.481 e. The molecule has 0 aliphatic heterocycles. The number of rotatable bonds is 3. The quantitative estimate of drug-likeness (QED) is 0.748. The maximum Gasteiger partial charge on any atom is 0.307 e. The monoisotopic (exact) mass is 270 g/mol. The maximum absolute atomic E-state index is 10.9. The van der Waals surface area contributed by atoms with E-state index in [0.29, 0.717) is 5.69 Å². The summed E-state index contributed by atoms with van der Waals surface area (Å²) >= 11 is 0. The van der Waals surface area contributed by atoms with Crippen LogP contribution in [0.15, 0.2) is 30.3 Å².